The molecule has 0 spiro atoms. The third-order valence-electron chi connectivity index (χ3n) is 3.69. The summed E-state index contributed by atoms with van der Waals surface area (Å²) in [7, 11) is 0. The summed E-state index contributed by atoms with van der Waals surface area (Å²) in [5.41, 5.74) is 2.62. The minimum absolute atomic E-state index is 0.120. The molecule has 0 N–H and O–H groups in total. The zero-order chi connectivity index (χ0) is 18.7. The summed E-state index contributed by atoms with van der Waals surface area (Å²) >= 11 is 9.70. The zero-order valence-electron chi connectivity index (χ0n) is 13.9. The SMILES string of the molecule is C#CCOc1c(Cl)cc(/C=C2/C(=O)N(c3ccccc3)N=C2C)cc1Br. The number of carbonyl (C=O) groups excluding carboxylic acids is 1. The molecule has 2 aromatic carbocycles. The second kappa shape index (κ2) is 7.77. The molecule has 2 aromatic rings. The monoisotopic (exact) mass is 428 g/mol. The fourth-order valence-electron chi connectivity index (χ4n) is 2.51. The Hall–Kier alpha value is -2.55. The summed E-state index contributed by atoms with van der Waals surface area (Å²) < 4.78 is 6.08. The van der Waals surface area contributed by atoms with Crippen LogP contribution in [0.4, 0.5) is 5.69 Å². The topological polar surface area (TPSA) is 41.9 Å². The first-order valence-corrected chi connectivity index (χ1v) is 8.90. The van der Waals surface area contributed by atoms with E-state index in [1.165, 1.54) is 5.01 Å². The first kappa shape index (κ1) is 18.2. The lowest BCUT2D eigenvalue weighted by Gasteiger charge is -2.11. The predicted molar refractivity (Wildman–Crippen MR) is 108 cm³/mol. The summed E-state index contributed by atoms with van der Waals surface area (Å²) in [6.45, 7) is 1.92. The van der Waals surface area contributed by atoms with E-state index in [-0.39, 0.29) is 12.5 Å². The summed E-state index contributed by atoms with van der Waals surface area (Å²) in [6.07, 6.45) is 6.96. The lowest BCUT2D eigenvalue weighted by molar-refractivity contribution is -0.114. The van der Waals surface area contributed by atoms with Gasteiger partial charge in [-0.1, -0.05) is 35.7 Å². The zero-order valence-corrected chi connectivity index (χ0v) is 16.2. The van der Waals surface area contributed by atoms with Gasteiger partial charge in [0.05, 0.1) is 26.5 Å². The highest BCUT2D eigenvalue weighted by atomic mass is 79.9. The second-order valence-electron chi connectivity index (χ2n) is 5.50. The van der Waals surface area contributed by atoms with Crippen molar-refractivity contribution in [1.29, 1.82) is 0 Å². The first-order chi connectivity index (χ1) is 12.5. The summed E-state index contributed by atoms with van der Waals surface area (Å²) in [5, 5.41) is 6.16. The van der Waals surface area contributed by atoms with Gasteiger partial charge in [-0.3, -0.25) is 4.79 Å². The van der Waals surface area contributed by atoms with Crippen LogP contribution < -0.4 is 9.75 Å². The highest BCUT2D eigenvalue weighted by Crippen LogP contribution is 2.35. The maximum Gasteiger partial charge on any atom is 0.280 e. The molecule has 1 amide bonds. The Morgan fingerprint density at radius 3 is 2.73 bits per heavy atom. The van der Waals surface area contributed by atoms with E-state index >= 15 is 0 Å². The minimum Gasteiger partial charge on any atom is -0.478 e. The van der Waals surface area contributed by atoms with Crippen molar-refractivity contribution in [2.75, 3.05) is 11.6 Å². The average Bonchev–Trinajstić information content (AvgIpc) is 2.90. The lowest BCUT2D eigenvalue weighted by atomic mass is 10.1. The van der Waals surface area contributed by atoms with Crippen molar-refractivity contribution in [3.05, 3.63) is 63.1 Å². The molecular weight excluding hydrogens is 416 g/mol. The number of ether oxygens (including phenoxy) is 1. The second-order valence-corrected chi connectivity index (χ2v) is 6.76. The number of carbonyl (C=O) groups is 1. The quantitative estimate of drug-likeness (QED) is 0.511. The largest absolute Gasteiger partial charge is 0.478 e. The van der Waals surface area contributed by atoms with Gasteiger partial charge in [0, 0.05) is 0 Å². The fourth-order valence-corrected chi connectivity index (χ4v) is 3.50. The molecule has 0 unspecified atom stereocenters. The summed E-state index contributed by atoms with van der Waals surface area (Å²) in [6, 6.07) is 12.8. The summed E-state index contributed by atoms with van der Waals surface area (Å²) in [4.78, 5) is 12.8. The Kier molecular flexibility index (Phi) is 5.46. The Balaban J connectivity index is 1.92. The number of rotatable bonds is 4. The van der Waals surface area contributed by atoms with Crippen LogP contribution in [0.1, 0.15) is 12.5 Å². The van der Waals surface area contributed by atoms with E-state index < -0.39 is 0 Å². The van der Waals surface area contributed by atoms with E-state index in [9.17, 15) is 4.79 Å². The van der Waals surface area contributed by atoms with Gasteiger partial charge in [0.1, 0.15) is 6.61 Å². The Bertz CT molecular complexity index is 939. The smallest absolute Gasteiger partial charge is 0.280 e. The van der Waals surface area contributed by atoms with E-state index in [2.05, 4.69) is 27.0 Å². The van der Waals surface area contributed by atoms with Crippen LogP contribution in [0.2, 0.25) is 5.02 Å². The fraction of sp³-hybridized carbons (Fsp3) is 0.100. The van der Waals surface area contributed by atoms with Crippen molar-refractivity contribution in [3.63, 3.8) is 0 Å². The molecule has 4 nitrogen and oxygen atoms in total. The molecule has 0 fully saturated rings. The van der Waals surface area contributed by atoms with Crippen molar-refractivity contribution in [2.24, 2.45) is 5.10 Å². The van der Waals surface area contributed by atoms with Gasteiger partial charge in [0.15, 0.2) is 5.75 Å². The molecule has 0 bridgehead atoms. The van der Waals surface area contributed by atoms with Crippen molar-refractivity contribution in [3.8, 4) is 18.1 Å². The van der Waals surface area contributed by atoms with Crippen molar-refractivity contribution in [2.45, 2.75) is 6.92 Å². The molecule has 3 rings (SSSR count). The molecule has 26 heavy (non-hydrogen) atoms. The Labute approximate surface area is 165 Å². The third kappa shape index (κ3) is 3.67. The maximum atomic E-state index is 12.8. The normalized spacial score (nSPS) is 15.2. The van der Waals surface area contributed by atoms with Crippen molar-refractivity contribution in [1.82, 2.24) is 0 Å². The molecule has 1 aliphatic heterocycles. The van der Waals surface area contributed by atoms with Crippen LogP contribution in [0.15, 0.2) is 57.6 Å². The molecule has 6 heteroatoms. The predicted octanol–water partition coefficient (Wildman–Crippen LogP) is 4.92. The van der Waals surface area contributed by atoms with Crippen molar-refractivity contribution >= 4 is 50.9 Å². The average molecular weight is 430 g/mol. The molecule has 0 saturated heterocycles. The Morgan fingerprint density at radius 2 is 2.08 bits per heavy atom. The number of amides is 1. The number of nitrogens with zero attached hydrogens (tertiary/aromatic N) is 2. The van der Waals surface area contributed by atoms with Gasteiger partial charge in [-0.15, -0.1) is 6.42 Å². The van der Waals surface area contributed by atoms with Gasteiger partial charge >= 0.3 is 0 Å². The number of hydrogen-bond donors (Lipinski definition) is 0. The van der Waals surface area contributed by atoms with E-state index in [1.54, 1.807) is 19.1 Å². The molecule has 0 aliphatic carbocycles. The van der Waals surface area contributed by atoms with Gasteiger partial charge in [-0.25, -0.2) is 0 Å². The highest BCUT2D eigenvalue weighted by Gasteiger charge is 2.28. The lowest BCUT2D eigenvalue weighted by Crippen LogP contribution is -2.21. The van der Waals surface area contributed by atoms with E-state index in [0.717, 1.165) is 11.3 Å². The van der Waals surface area contributed by atoms with E-state index in [4.69, 9.17) is 22.8 Å². The number of hydrogen-bond acceptors (Lipinski definition) is 3. The maximum absolute atomic E-state index is 12.8. The standard InChI is InChI=1S/C20H14BrClN2O2/c1-3-9-26-19-17(21)11-14(12-18(19)22)10-16-13(2)23-24(20(16)25)15-7-5-4-6-8-15/h1,4-8,10-12H,9H2,2H3/b16-10+. The van der Waals surface area contributed by atoms with Crippen LogP contribution in [-0.2, 0) is 4.79 Å². The van der Waals surface area contributed by atoms with E-state index in [0.29, 0.717) is 26.5 Å². The molecule has 0 atom stereocenters. The van der Waals surface area contributed by atoms with Gasteiger partial charge in [-0.2, -0.15) is 10.1 Å². The summed E-state index contributed by atoms with van der Waals surface area (Å²) in [5.74, 6) is 2.68. The number of para-hydroxylation sites is 1. The Morgan fingerprint density at radius 1 is 1.35 bits per heavy atom. The number of halogens is 2. The first-order valence-electron chi connectivity index (χ1n) is 7.73. The molecule has 0 radical (unpaired) electrons. The number of anilines is 1. The number of hydrazone groups is 1. The van der Waals surface area contributed by atoms with E-state index in [1.807, 2.05) is 36.4 Å². The van der Waals surface area contributed by atoms with Crippen molar-refractivity contribution < 1.29 is 9.53 Å². The number of benzene rings is 2. The van der Waals surface area contributed by atoms with Crippen LogP contribution >= 0.6 is 27.5 Å². The van der Waals surface area contributed by atoms with Gasteiger partial charge in [-0.05, 0) is 58.8 Å². The van der Waals surface area contributed by atoms with Gasteiger partial charge in [0.25, 0.3) is 5.91 Å². The van der Waals surface area contributed by atoms with Gasteiger partial charge in [0.2, 0.25) is 0 Å². The van der Waals surface area contributed by atoms with Crippen LogP contribution in [0.25, 0.3) is 6.08 Å². The molecule has 130 valence electrons. The third-order valence-corrected chi connectivity index (χ3v) is 4.56. The molecule has 0 aromatic heterocycles. The number of terminal acetylenes is 1. The van der Waals surface area contributed by atoms with Crippen LogP contribution in [0.5, 0.6) is 5.75 Å². The highest BCUT2D eigenvalue weighted by molar-refractivity contribution is 9.10. The molecule has 1 aliphatic rings. The molecule has 1 heterocycles. The minimum atomic E-state index is -0.186. The molecule has 0 saturated carbocycles. The molecular formula is C20H14BrClN2O2. The van der Waals surface area contributed by atoms with Crippen LogP contribution in [0.3, 0.4) is 0 Å². The van der Waals surface area contributed by atoms with Crippen LogP contribution in [0, 0.1) is 12.3 Å². The van der Waals surface area contributed by atoms with Gasteiger partial charge < -0.3 is 4.74 Å². The van der Waals surface area contributed by atoms with Crippen LogP contribution in [-0.4, -0.2) is 18.2 Å².